The van der Waals surface area contributed by atoms with Crippen molar-refractivity contribution in [2.75, 3.05) is 26.2 Å². The zero-order valence-corrected chi connectivity index (χ0v) is 17.0. The number of imide groups is 1. The topological polar surface area (TPSA) is 81.8 Å². The van der Waals surface area contributed by atoms with Crippen molar-refractivity contribution in [1.29, 1.82) is 0 Å². The molecular formula is C21H25F3N4O3. The van der Waals surface area contributed by atoms with Crippen LogP contribution < -0.4 is 10.6 Å². The Morgan fingerprint density at radius 1 is 1.03 bits per heavy atom. The third-order valence-electron chi connectivity index (χ3n) is 6.57. The van der Waals surface area contributed by atoms with Crippen LogP contribution in [0.3, 0.4) is 0 Å². The maximum Gasteiger partial charge on any atom is 0.416 e. The molecule has 4 rings (SSSR count). The van der Waals surface area contributed by atoms with Crippen LogP contribution in [0, 0.1) is 5.92 Å². The van der Waals surface area contributed by atoms with Crippen LogP contribution in [0.5, 0.6) is 0 Å². The number of urea groups is 1. The minimum absolute atomic E-state index is 0.0776. The number of piperazine rings is 1. The van der Waals surface area contributed by atoms with Crippen molar-refractivity contribution in [2.24, 2.45) is 5.92 Å². The maximum absolute atomic E-state index is 12.9. The molecule has 0 atom stereocenters. The highest BCUT2D eigenvalue weighted by Gasteiger charge is 2.49. The molecule has 2 saturated heterocycles. The zero-order chi connectivity index (χ0) is 22.2. The van der Waals surface area contributed by atoms with Gasteiger partial charge in [-0.2, -0.15) is 13.2 Å². The van der Waals surface area contributed by atoms with Crippen molar-refractivity contribution in [1.82, 2.24) is 20.4 Å². The number of nitrogens with zero attached hydrogens (tertiary/aromatic N) is 2. The van der Waals surface area contributed by atoms with Gasteiger partial charge in [-0.15, -0.1) is 0 Å². The fourth-order valence-corrected chi connectivity index (χ4v) is 4.68. The minimum atomic E-state index is -4.34. The first-order valence-electron chi connectivity index (χ1n) is 10.5. The molecule has 31 heavy (non-hydrogen) atoms. The third-order valence-corrected chi connectivity index (χ3v) is 6.57. The van der Waals surface area contributed by atoms with Crippen LogP contribution in [0.1, 0.15) is 36.8 Å². The predicted molar refractivity (Wildman–Crippen MR) is 105 cm³/mol. The van der Waals surface area contributed by atoms with Gasteiger partial charge in [-0.3, -0.25) is 19.8 Å². The van der Waals surface area contributed by atoms with E-state index in [2.05, 4.69) is 15.5 Å². The molecule has 1 aromatic rings. The van der Waals surface area contributed by atoms with Crippen LogP contribution in [-0.2, 0) is 22.3 Å². The fourth-order valence-electron chi connectivity index (χ4n) is 4.68. The van der Waals surface area contributed by atoms with Gasteiger partial charge in [0.1, 0.15) is 5.54 Å². The van der Waals surface area contributed by atoms with Crippen LogP contribution in [0.4, 0.5) is 18.0 Å². The summed E-state index contributed by atoms with van der Waals surface area (Å²) in [5.41, 5.74) is -0.716. The second-order valence-corrected chi connectivity index (χ2v) is 8.56. The molecule has 168 valence electrons. The summed E-state index contributed by atoms with van der Waals surface area (Å²) in [6.45, 7) is 2.99. The Hall–Kier alpha value is -2.62. The molecule has 1 spiro atoms. The molecule has 3 aliphatic rings. The molecule has 0 radical (unpaired) electrons. The number of hydrogen-bond donors (Lipinski definition) is 2. The number of nitrogens with one attached hydrogen (secondary N) is 2. The summed E-state index contributed by atoms with van der Waals surface area (Å²) in [5, 5.41) is 4.98. The number of hydrogen-bond acceptors (Lipinski definition) is 4. The van der Waals surface area contributed by atoms with Gasteiger partial charge in [-0.1, -0.05) is 12.1 Å². The van der Waals surface area contributed by atoms with E-state index in [1.165, 1.54) is 12.1 Å². The first-order valence-corrected chi connectivity index (χ1v) is 10.5. The Labute approximate surface area is 177 Å². The summed E-state index contributed by atoms with van der Waals surface area (Å²) >= 11 is 0. The largest absolute Gasteiger partial charge is 0.416 e. The highest BCUT2D eigenvalue weighted by Crippen LogP contribution is 2.35. The molecule has 0 aromatic heterocycles. The summed E-state index contributed by atoms with van der Waals surface area (Å²) in [6.07, 6.45) is -2.32. The minimum Gasteiger partial charge on any atom is -0.340 e. The molecule has 1 saturated carbocycles. The van der Waals surface area contributed by atoms with E-state index in [0.29, 0.717) is 58.4 Å². The van der Waals surface area contributed by atoms with E-state index in [9.17, 15) is 27.6 Å². The molecule has 0 bridgehead atoms. The molecule has 3 fully saturated rings. The molecular weight excluding hydrogens is 413 g/mol. The maximum atomic E-state index is 12.9. The standard InChI is InChI=1S/C21H25F3N4O3/c22-21(23,24)16-3-1-14(2-4-16)13-27-9-11-28(12-10-27)17(29)15-5-7-20(8-6-15)18(30)25-19(31)26-20/h1-4,15H,5-13H2,(H2,25,26,30,31). The first-order chi connectivity index (χ1) is 14.7. The van der Waals surface area contributed by atoms with E-state index in [4.69, 9.17) is 0 Å². The molecule has 1 aliphatic carbocycles. The molecule has 0 unspecified atom stereocenters. The molecule has 2 heterocycles. The number of carbonyl (C=O) groups is 3. The summed E-state index contributed by atoms with van der Waals surface area (Å²) in [5.74, 6) is -0.383. The zero-order valence-electron chi connectivity index (χ0n) is 17.0. The Morgan fingerprint density at radius 3 is 2.16 bits per heavy atom. The van der Waals surface area contributed by atoms with Crippen molar-refractivity contribution >= 4 is 17.8 Å². The van der Waals surface area contributed by atoms with Crippen molar-refractivity contribution in [3.63, 3.8) is 0 Å². The number of carbonyl (C=O) groups excluding carboxylic acids is 3. The number of rotatable bonds is 3. The van der Waals surface area contributed by atoms with Gasteiger partial charge < -0.3 is 10.2 Å². The highest BCUT2D eigenvalue weighted by atomic mass is 19.4. The SMILES string of the molecule is O=C1NC(=O)C2(CCC(C(=O)N3CCN(Cc4ccc(C(F)(F)F)cc4)CC3)CC2)N1. The van der Waals surface area contributed by atoms with E-state index in [0.717, 1.165) is 17.7 Å². The van der Waals surface area contributed by atoms with E-state index in [1.807, 2.05) is 4.90 Å². The monoisotopic (exact) mass is 438 g/mol. The predicted octanol–water partition coefficient (Wildman–Crippen LogP) is 2.12. The highest BCUT2D eigenvalue weighted by molar-refractivity contribution is 6.07. The lowest BCUT2D eigenvalue weighted by Gasteiger charge is -2.39. The van der Waals surface area contributed by atoms with Gasteiger partial charge in [0.2, 0.25) is 5.91 Å². The quantitative estimate of drug-likeness (QED) is 0.709. The summed E-state index contributed by atoms with van der Waals surface area (Å²) in [4.78, 5) is 40.4. The normalized spacial score (nSPS) is 27.3. The van der Waals surface area contributed by atoms with Crippen LogP contribution in [0.15, 0.2) is 24.3 Å². The molecule has 1 aromatic carbocycles. The van der Waals surface area contributed by atoms with E-state index in [-0.39, 0.29) is 17.7 Å². The van der Waals surface area contributed by atoms with Crippen molar-refractivity contribution in [2.45, 2.75) is 43.9 Å². The number of halogens is 3. The first kappa shape index (κ1) is 21.6. The average Bonchev–Trinajstić information content (AvgIpc) is 3.01. The van der Waals surface area contributed by atoms with Crippen LogP contribution in [0.2, 0.25) is 0 Å². The Morgan fingerprint density at radius 2 is 1.65 bits per heavy atom. The fraction of sp³-hybridized carbons (Fsp3) is 0.571. The Balaban J connectivity index is 1.25. The van der Waals surface area contributed by atoms with Gasteiger partial charge >= 0.3 is 12.2 Å². The van der Waals surface area contributed by atoms with E-state index in [1.54, 1.807) is 0 Å². The van der Waals surface area contributed by atoms with Crippen molar-refractivity contribution in [3.8, 4) is 0 Å². The Bertz CT molecular complexity index is 856. The summed E-state index contributed by atoms with van der Waals surface area (Å²) in [6, 6.07) is 4.71. The van der Waals surface area contributed by atoms with Gasteiger partial charge in [-0.25, -0.2) is 4.79 Å². The lowest BCUT2D eigenvalue weighted by molar-refractivity contribution is -0.140. The molecule has 10 heteroatoms. The van der Waals surface area contributed by atoms with Gasteiger partial charge in [0.25, 0.3) is 5.91 Å². The number of amides is 4. The molecule has 4 amide bonds. The molecule has 7 nitrogen and oxygen atoms in total. The van der Waals surface area contributed by atoms with Crippen molar-refractivity contribution < 1.29 is 27.6 Å². The number of alkyl halides is 3. The summed E-state index contributed by atoms with van der Waals surface area (Å²) in [7, 11) is 0. The van der Waals surface area contributed by atoms with Gasteiger partial charge in [0.05, 0.1) is 5.56 Å². The molecule has 2 N–H and O–H groups in total. The van der Waals surface area contributed by atoms with E-state index < -0.39 is 23.3 Å². The van der Waals surface area contributed by atoms with Gasteiger partial charge in [0, 0.05) is 38.6 Å². The van der Waals surface area contributed by atoms with Crippen LogP contribution in [-0.4, -0.2) is 59.4 Å². The van der Waals surface area contributed by atoms with Gasteiger partial charge in [0.15, 0.2) is 0 Å². The lowest BCUT2D eigenvalue weighted by Crippen LogP contribution is -2.53. The summed E-state index contributed by atoms with van der Waals surface area (Å²) < 4.78 is 38.1. The second-order valence-electron chi connectivity index (χ2n) is 8.56. The smallest absolute Gasteiger partial charge is 0.340 e. The van der Waals surface area contributed by atoms with Gasteiger partial charge in [-0.05, 0) is 43.4 Å². The van der Waals surface area contributed by atoms with Crippen LogP contribution in [0.25, 0.3) is 0 Å². The van der Waals surface area contributed by atoms with E-state index >= 15 is 0 Å². The third kappa shape index (κ3) is 4.53. The number of benzene rings is 1. The Kier molecular flexibility index (Phi) is 5.67. The molecule has 2 aliphatic heterocycles. The van der Waals surface area contributed by atoms with Crippen LogP contribution >= 0.6 is 0 Å². The lowest BCUT2D eigenvalue weighted by atomic mass is 9.76. The average molecular weight is 438 g/mol. The van der Waals surface area contributed by atoms with Crippen molar-refractivity contribution in [3.05, 3.63) is 35.4 Å². The second kappa shape index (κ2) is 8.14.